The molecule has 0 aromatic heterocycles. The van der Waals surface area contributed by atoms with Gasteiger partial charge in [-0.2, -0.15) is 0 Å². The maximum Gasteiger partial charge on any atom is 0.276 e. The van der Waals surface area contributed by atoms with Crippen molar-refractivity contribution in [3.05, 3.63) is 69.2 Å². The molecule has 0 heterocycles. The summed E-state index contributed by atoms with van der Waals surface area (Å²) in [7, 11) is 0. The van der Waals surface area contributed by atoms with Crippen LogP contribution < -0.4 is 15.6 Å². The van der Waals surface area contributed by atoms with E-state index in [2.05, 4.69) is 26.8 Å². The Morgan fingerprint density at radius 1 is 1.20 bits per heavy atom. The van der Waals surface area contributed by atoms with Crippen LogP contribution in [0.3, 0.4) is 0 Å². The molecule has 2 aromatic carbocycles. The molecule has 2 amide bonds. The molecule has 0 saturated carbocycles. The molecule has 25 heavy (non-hydrogen) atoms. The van der Waals surface area contributed by atoms with Crippen molar-refractivity contribution in [2.24, 2.45) is 0 Å². The molecule has 0 spiro atoms. The van der Waals surface area contributed by atoms with Crippen LogP contribution in [0, 0.1) is 6.92 Å². The fraction of sp³-hybridized carbons (Fsp3) is 0.111. The molecule has 0 radical (unpaired) electrons. The maximum atomic E-state index is 11.7. The lowest BCUT2D eigenvalue weighted by atomic mass is 10.2. The van der Waals surface area contributed by atoms with Crippen molar-refractivity contribution < 1.29 is 14.3 Å². The van der Waals surface area contributed by atoms with Crippen LogP contribution in [-0.4, -0.2) is 18.4 Å². The van der Waals surface area contributed by atoms with Crippen molar-refractivity contribution in [2.75, 3.05) is 6.61 Å². The molecule has 2 rings (SSSR count). The van der Waals surface area contributed by atoms with Gasteiger partial charge >= 0.3 is 0 Å². The Labute approximate surface area is 159 Å². The van der Waals surface area contributed by atoms with Crippen LogP contribution in [0.1, 0.15) is 11.1 Å². The minimum absolute atomic E-state index is 0.211. The third-order valence-electron chi connectivity index (χ3n) is 3.14. The van der Waals surface area contributed by atoms with Crippen LogP contribution in [0.4, 0.5) is 0 Å². The predicted molar refractivity (Wildman–Crippen MR) is 101 cm³/mol. The number of hydrogen-bond donors (Lipinski definition) is 2. The van der Waals surface area contributed by atoms with E-state index >= 15 is 0 Å². The highest BCUT2D eigenvalue weighted by Crippen LogP contribution is 2.21. The average molecular weight is 424 g/mol. The van der Waals surface area contributed by atoms with Crippen LogP contribution in [0.2, 0.25) is 5.02 Å². The van der Waals surface area contributed by atoms with Gasteiger partial charge < -0.3 is 4.74 Å². The van der Waals surface area contributed by atoms with E-state index in [1.807, 2.05) is 25.1 Å². The summed E-state index contributed by atoms with van der Waals surface area (Å²) in [5.74, 6) is -0.349. The van der Waals surface area contributed by atoms with Crippen LogP contribution in [0.5, 0.6) is 5.75 Å². The molecule has 0 aliphatic rings. The first-order valence-electron chi connectivity index (χ1n) is 7.36. The highest BCUT2D eigenvalue weighted by molar-refractivity contribution is 9.10. The molecule has 130 valence electrons. The normalized spacial score (nSPS) is 10.5. The van der Waals surface area contributed by atoms with E-state index in [0.29, 0.717) is 16.3 Å². The molecule has 5 nitrogen and oxygen atoms in total. The first-order valence-corrected chi connectivity index (χ1v) is 8.53. The zero-order valence-electron chi connectivity index (χ0n) is 13.4. The quantitative estimate of drug-likeness (QED) is 0.570. The van der Waals surface area contributed by atoms with E-state index in [1.54, 1.807) is 30.3 Å². The number of carbonyl (C=O) groups is 2. The minimum Gasteiger partial charge on any atom is -0.483 e. The van der Waals surface area contributed by atoms with Crippen LogP contribution in [-0.2, 0) is 9.59 Å². The molecular weight excluding hydrogens is 408 g/mol. The monoisotopic (exact) mass is 422 g/mol. The summed E-state index contributed by atoms with van der Waals surface area (Å²) in [6, 6.07) is 12.6. The topological polar surface area (TPSA) is 67.4 Å². The van der Waals surface area contributed by atoms with Gasteiger partial charge in [0.05, 0.1) is 0 Å². The van der Waals surface area contributed by atoms with E-state index in [-0.39, 0.29) is 6.61 Å². The fourth-order valence-corrected chi connectivity index (χ4v) is 2.58. The lowest BCUT2D eigenvalue weighted by molar-refractivity contribution is -0.128. The smallest absolute Gasteiger partial charge is 0.276 e. The predicted octanol–water partition coefficient (Wildman–Crippen LogP) is 3.65. The summed E-state index contributed by atoms with van der Waals surface area (Å²) >= 11 is 9.34. The Kier molecular flexibility index (Phi) is 7.03. The average Bonchev–Trinajstić information content (AvgIpc) is 2.58. The molecule has 2 aromatic rings. The van der Waals surface area contributed by atoms with E-state index < -0.39 is 11.8 Å². The number of nitrogens with one attached hydrogen (secondary N) is 2. The Morgan fingerprint density at radius 2 is 1.96 bits per heavy atom. The van der Waals surface area contributed by atoms with Gasteiger partial charge in [-0.1, -0.05) is 45.7 Å². The Bertz CT molecular complexity index is 809. The number of hydrazine groups is 1. The number of benzene rings is 2. The first kappa shape index (κ1) is 19.0. The van der Waals surface area contributed by atoms with Crippen molar-refractivity contribution in [3.63, 3.8) is 0 Å². The summed E-state index contributed by atoms with van der Waals surface area (Å²) in [5.41, 5.74) is 6.16. The summed E-state index contributed by atoms with van der Waals surface area (Å²) < 4.78 is 6.34. The third kappa shape index (κ3) is 6.25. The highest BCUT2D eigenvalue weighted by Gasteiger charge is 2.06. The van der Waals surface area contributed by atoms with Gasteiger partial charge in [0, 0.05) is 15.6 Å². The SMILES string of the molecule is Cc1cc(Br)ccc1OCC(=O)NNC(=O)C=Cc1ccccc1Cl. The van der Waals surface area contributed by atoms with Gasteiger partial charge in [0.25, 0.3) is 11.8 Å². The van der Waals surface area contributed by atoms with Crippen molar-refractivity contribution >= 4 is 45.4 Å². The second-order valence-corrected chi connectivity index (χ2v) is 6.41. The number of ether oxygens (including phenoxy) is 1. The Hall–Kier alpha value is -2.31. The zero-order chi connectivity index (χ0) is 18.2. The summed E-state index contributed by atoms with van der Waals surface area (Å²) in [6.07, 6.45) is 2.84. The van der Waals surface area contributed by atoms with Gasteiger partial charge in [-0.3, -0.25) is 20.4 Å². The van der Waals surface area contributed by atoms with Crippen LogP contribution in [0.25, 0.3) is 6.08 Å². The highest BCUT2D eigenvalue weighted by atomic mass is 79.9. The van der Waals surface area contributed by atoms with E-state index in [0.717, 1.165) is 10.0 Å². The second kappa shape index (κ2) is 9.25. The molecule has 7 heteroatoms. The molecule has 0 atom stereocenters. The third-order valence-corrected chi connectivity index (χ3v) is 3.98. The summed E-state index contributed by atoms with van der Waals surface area (Å²) in [4.78, 5) is 23.4. The standard InChI is InChI=1S/C18H16BrClN2O3/c1-12-10-14(19)7-8-16(12)25-11-18(24)22-21-17(23)9-6-13-4-2-3-5-15(13)20/h2-10H,11H2,1H3,(H,21,23)(H,22,24). The number of amides is 2. The van der Waals surface area contributed by atoms with E-state index in [1.165, 1.54) is 6.08 Å². The fourth-order valence-electron chi connectivity index (χ4n) is 1.90. The molecule has 2 N–H and O–H groups in total. The number of carbonyl (C=O) groups excluding carboxylic acids is 2. The zero-order valence-corrected chi connectivity index (χ0v) is 15.7. The first-order chi connectivity index (χ1) is 12.0. The van der Waals surface area contributed by atoms with Crippen molar-refractivity contribution in [2.45, 2.75) is 6.92 Å². The summed E-state index contributed by atoms with van der Waals surface area (Å²) in [5, 5.41) is 0.536. The molecule has 0 fully saturated rings. The van der Waals surface area contributed by atoms with E-state index in [4.69, 9.17) is 16.3 Å². The van der Waals surface area contributed by atoms with Gasteiger partial charge in [-0.05, 0) is 48.4 Å². The minimum atomic E-state index is -0.479. The lowest BCUT2D eigenvalue weighted by Gasteiger charge is -2.10. The van der Waals surface area contributed by atoms with Gasteiger partial charge in [0.1, 0.15) is 5.75 Å². The van der Waals surface area contributed by atoms with Crippen LogP contribution >= 0.6 is 27.5 Å². The molecular formula is C18H16BrClN2O3. The Morgan fingerprint density at radius 3 is 2.68 bits per heavy atom. The molecule has 0 aliphatic heterocycles. The van der Waals surface area contributed by atoms with Crippen molar-refractivity contribution in [1.82, 2.24) is 10.9 Å². The van der Waals surface area contributed by atoms with E-state index in [9.17, 15) is 9.59 Å². The number of aryl methyl sites for hydroxylation is 1. The molecule has 0 bridgehead atoms. The van der Waals surface area contributed by atoms with Crippen molar-refractivity contribution in [3.8, 4) is 5.75 Å². The Balaban J connectivity index is 1.77. The number of rotatable bonds is 5. The maximum absolute atomic E-state index is 11.7. The van der Waals surface area contributed by atoms with Gasteiger partial charge in [0.2, 0.25) is 0 Å². The summed E-state index contributed by atoms with van der Waals surface area (Å²) in [6.45, 7) is 1.66. The molecule has 0 unspecified atom stereocenters. The van der Waals surface area contributed by atoms with Gasteiger partial charge in [-0.15, -0.1) is 0 Å². The number of halogens is 2. The molecule has 0 aliphatic carbocycles. The second-order valence-electron chi connectivity index (χ2n) is 5.09. The molecule has 0 saturated heterocycles. The lowest BCUT2D eigenvalue weighted by Crippen LogP contribution is -2.43. The van der Waals surface area contributed by atoms with Crippen molar-refractivity contribution in [1.29, 1.82) is 0 Å². The van der Waals surface area contributed by atoms with Gasteiger partial charge in [0.15, 0.2) is 6.61 Å². The largest absolute Gasteiger partial charge is 0.483 e. The van der Waals surface area contributed by atoms with Gasteiger partial charge in [-0.25, -0.2) is 0 Å². The van der Waals surface area contributed by atoms with Crippen LogP contribution in [0.15, 0.2) is 53.0 Å². The number of hydrogen-bond acceptors (Lipinski definition) is 3.